The summed E-state index contributed by atoms with van der Waals surface area (Å²) in [4.78, 5) is 33.2. The molecule has 0 bridgehead atoms. The third-order valence-corrected chi connectivity index (χ3v) is 2.23. The first-order chi connectivity index (χ1) is 9.52. The van der Waals surface area contributed by atoms with Crippen molar-refractivity contribution < 1.29 is 28.6 Å². The second-order valence-corrected chi connectivity index (χ2v) is 3.83. The van der Waals surface area contributed by atoms with E-state index in [0.717, 1.165) is 0 Å². The Morgan fingerprint density at radius 2 is 1.60 bits per heavy atom. The van der Waals surface area contributed by atoms with E-state index in [1.165, 1.54) is 31.2 Å². The highest BCUT2D eigenvalue weighted by Crippen LogP contribution is 2.13. The molecule has 6 nitrogen and oxygen atoms in total. The topological polar surface area (TPSA) is 78.9 Å². The summed E-state index contributed by atoms with van der Waals surface area (Å²) in [5.41, 5.74) is 0.323. The molecule has 1 aromatic rings. The van der Waals surface area contributed by atoms with Gasteiger partial charge < -0.3 is 14.2 Å². The summed E-state index contributed by atoms with van der Waals surface area (Å²) in [6.07, 6.45) is 0.278. The van der Waals surface area contributed by atoms with E-state index in [4.69, 9.17) is 9.47 Å². The van der Waals surface area contributed by atoms with Gasteiger partial charge in [0, 0.05) is 13.3 Å². The lowest BCUT2D eigenvalue weighted by molar-refractivity contribution is -0.142. The van der Waals surface area contributed by atoms with Crippen LogP contribution in [0, 0.1) is 0 Å². The van der Waals surface area contributed by atoms with Crippen LogP contribution in [0.5, 0.6) is 5.75 Å². The highest BCUT2D eigenvalue weighted by atomic mass is 16.6. The van der Waals surface area contributed by atoms with Gasteiger partial charge in [0.05, 0.1) is 5.56 Å². The van der Waals surface area contributed by atoms with Crippen molar-refractivity contribution in [1.82, 2.24) is 0 Å². The number of esters is 3. The molecule has 1 rings (SSSR count). The van der Waals surface area contributed by atoms with Crippen LogP contribution in [-0.2, 0) is 19.1 Å². The molecule has 20 heavy (non-hydrogen) atoms. The predicted octanol–water partition coefficient (Wildman–Crippen LogP) is 1.72. The molecule has 0 unspecified atom stereocenters. The van der Waals surface area contributed by atoms with Gasteiger partial charge in [0.15, 0.2) is 0 Å². The monoisotopic (exact) mass is 280 g/mol. The minimum Gasteiger partial charge on any atom is -0.462 e. The molecule has 0 heterocycles. The number of ether oxygens (including phenoxy) is 3. The average molecular weight is 280 g/mol. The maximum absolute atomic E-state index is 11.6. The van der Waals surface area contributed by atoms with Crippen molar-refractivity contribution in [3.8, 4) is 5.75 Å². The van der Waals surface area contributed by atoms with Crippen LogP contribution in [0.4, 0.5) is 0 Å². The van der Waals surface area contributed by atoms with Gasteiger partial charge >= 0.3 is 17.9 Å². The molecule has 0 amide bonds. The van der Waals surface area contributed by atoms with Crippen molar-refractivity contribution in [3.05, 3.63) is 29.8 Å². The molecule has 0 aliphatic heterocycles. The lowest BCUT2D eigenvalue weighted by Crippen LogP contribution is -2.12. The smallest absolute Gasteiger partial charge is 0.338 e. The van der Waals surface area contributed by atoms with Crippen LogP contribution in [0.25, 0.3) is 0 Å². The minimum atomic E-state index is -0.537. The Morgan fingerprint density at radius 1 is 1.00 bits per heavy atom. The van der Waals surface area contributed by atoms with Crippen molar-refractivity contribution in [2.45, 2.75) is 20.3 Å². The second kappa shape index (κ2) is 7.93. The zero-order valence-electron chi connectivity index (χ0n) is 11.4. The zero-order valence-corrected chi connectivity index (χ0v) is 11.4. The highest BCUT2D eigenvalue weighted by molar-refractivity contribution is 5.89. The summed E-state index contributed by atoms with van der Waals surface area (Å²) in [7, 11) is 0. The Hall–Kier alpha value is -2.37. The van der Waals surface area contributed by atoms with Gasteiger partial charge in [0.25, 0.3) is 0 Å². The molecular weight excluding hydrogens is 264 g/mol. The first kappa shape index (κ1) is 15.7. The van der Waals surface area contributed by atoms with Gasteiger partial charge in [0.2, 0.25) is 0 Å². The van der Waals surface area contributed by atoms with Crippen molar-refractivity contribution in [2.24, 2.45) is 0 Å². The molecular formula is C14H16O6. The highest BCUT2D eigenvalue weighted by Gasteiger charge is 2.08. The van der Waals surface area contributed by atoms with E-state index >= 15 is 0 Å². The van der Waals surface area contributed by atoms with Crippen LogP contribution in [-0.4, -0.2) is 31.1 Å². The van der Waals surface area contributed by atoms with Crippen LogP contribution >= 0.6 is 0 Å². The summed E-state index contributed by atoms with van der Waals surface area (Å²) in [5.74, 6) is -0.941. The van der Waals surface area contributed by atoms with Crippen LogP contribution < -0.4 is 4.74 Å². The summed E-state index contributed by atoms with van der Waals surface area (Å²) in [6, 6.07) is 6.01. The fourth-order valence-electron chi connectivity index (χ4n) is 1.27. The van der Waals surface area contributed by atoms with E-state index in [1.54, 1.807) is 6.92 Å². The minimum absolute atomic E-state index is 0.00894. The van der Waals surface area contributed by atoms with E-state index in [-0.39, 0.29) is 25.6 Å². The maximum Gasteiger partial charge on any atom is 0.338 e. The first-order valence-corrected chi connectivity index (χ1v) is 6.14. The SMILES string of the molecule is CCC(=O)Oc1ccc(C(=O)OCCOC(C)=O)cc1. The number of benzene rings is 1. The fraction of sp³-hybridized carbons (Fsp3) is 0.357. The average Bonchev–Trinajstić information content (AvgIpc) is 2.43. The fourth-order valence-corrected chi connectivity index (χ4v) is 1.27. The molecule has 1 aromatic carbocycles. The second-order valence-electron chi connectivity index (χ2n) is 3.83. The molecule has 108 valence electrons. The van der Waals surface area contributed by atoms with Crippen molar-refractivity contribution in [3.63, 3.8) is 0 Å². The maximum atomic E-state index is 11.6. The predicted molar refractivity (Wildman–Crippen MR) is 69.3 cm³/mol. The quantitative estimate of drug-likeness (QED) is 0.448. The lowest BCUT2D eigenvalue weighted by Gasteiger charge is -2.06. The van der Waals surface area contributed by atoms with Crippen LogP contribution in [0.1, 0.15) is 30.6 Å². The van der Waals surface area contributed by atoms with E-state index < -0.39 is 11.9 Å². The molecule has 0 aliphatic carbocycles. The third-order valence-electron chi connectivity index (χ3n) is 2.23. The molecule has 0 radical (unpaired) electrons. The standard InChI is InChI=1S/C14H16O6/c1-3-13(16)20-12-6-4-11(5-7-12)14(17)19-9-8-18-10(2)15/h4-7H,3,8-9H2,1-2H3. The zero-order chi connectivity index (χ0) is 15.0. The van der Waals surface area contributed by atoms with Gasteiger partial charge in [-0.15, -0.1) is 0 Å². The number of hydrogen-bond donors (Lipinski definition) is 0. The normalized spacial score (nSPS) is 9.70. The summed E-state index contributed by atoms with van der Waals surface area (Å²) in [6.45, 7) is 2.98. The van der Waals surface area contributed by atoms with Gasteiger partial charge in [-0.25, -0.2) is 4.79 Å². The van der Waals surface area contributed by atoms with E-state index in [9.17, 15) is 14.4 Å². The van der Waals surface area contributed by atoms with E-state index in [2.05, 4.69) is 4.74 Å². The van der Waals surface area contributed by atoms with Gasteiger partial charge in [0.1, 0.15) is 19.0 Å². The van der Waals surface area contributed by atoms with E-state index in [1.807, 2.05) is 0 Å². The van der Waals surface area contributed by atoms with Crippen LogP contribution in [0.15, 0.2) is 24.3 Å². The number of rotatable bonds is 6. The van der Waals surface area contributed by atoms with Crippen LogP contribution in [0.3, 0.4) is 0 Å². The Bertz CT molecular complexity index is 477. The van der Waals surface area contributed by atoms with Gasteiger partial charge in [-0.1, -0.05) is 6.92 Å². The van der Waals surface area contributed by atoms with Crippen molar-refractivity contribution >= 4 is 17.9 Å². The lowest BCUT2D eigenvalue weighted by atomic mass is 10.2. The molecule has 0 N–H and O–H groups in total. The van der Waals surface area contributed by atoms with Gasteiger partial charge in [-0.2, -0.15) is 0 Å². The Kier molecular flexibility index (Phi) is 6.22. The van der Waals surface area contributed by atoms with Crippen molar-refractivity contribution in [2.75, 3.05) is 13.2 Å². The van der Waals surface area contributed by atoms with Gasteiger partial charge in [-0.05, 0) is 24.3 Å². The molecule has 0 atom stereocenters. The van der Waals surface area contributed by atoms with E-state index in [0.29, 0.717) is 11.3 Å². The van der Waals surface area contributed by atoms with Crippen LogP contribution in [0.2, 0.25) is 0 Å². The Balaban J connectivity index is 2.45. The summed E-state index contributed by atoms with van der Waals surface area (Å²) in [5, 5.41) is 0. The molecule has 0 fully saturated rings. The van der Waals surface area contributed by atoms with Gasteiger partial charge in [-0.3, -0.25) is 9.59 Å². The number of hydrogen-bond acceptors (Lipinski definition) is 6. The molecule has 0 spiro atoms. The number of carbonyl (C=O) groups excluding carboxylic acids is 3. The molecule has 0 saturated carbocycles. The largest absolute Gasteiger partial charge is 0.462 e. The third kappa shape index (κ3) is 5.51. The Morgan fingerprint density at radius 3 is 2.15 bits per heavy atom. The summed E-state index contributed by atoms with van der Waals surface area (Å²) >= 11 is 0. The Labute approximate surface area is 116 Å². The van der Waals surface area contributed by atoms with Crippen molar-refractivity contribution in [1.29, 1.82) is 0 Å². The molecule has 0 aromatic heterocycles. The molecule has 0 aliphatic rings. The number of carbonyl (C=O) groups is 3. The molecule has 0 saturated heterocycles. The first-order valence-electron chi connectivity index (χ1n) is 6.14. The molecule has 6 heteroatoms. The summed E-state index contributed by atoms with van der Waals surface area (Å²) < 4.78 is 14.5.